The number of carbonyl (C=O) groups excluding carboxylic acids is 1. The Morgan fingerprint density at radius 2 is 2.05 bits per heavy atom. The van der Waals surface area contributed by atoms with Crippen LogP contribution in [0.1, 0.15) is 33.6 Å². The van der Waals surface area contributed by atoms with E-state index in [4.69, 9.17) is 11.5 Å². The zero-order chi connectivity index (χ0) is 14.6. The highest BCUT2D eigenvalue weighted by Gasteiger charge is 2.46. The lowest BCUT2D eigenvalue weighted by Gasteiger charge is -2.18. The number of rotatable bonds is 1. The molecule has 0 radical (unpaired) electrons. The van der Waals surface area contributed by atoms with E-state index in [1.165, 1.54) is 22.5 Å². The van der Waals surface area contributed by atoms with Gasteiger partial charge in [0.15, 0.2) is 5.13 Å². The summed E-state index contributed by atoms with van der Waals surface area (Å²) in [7, 11) is 0. The molecule has 0 unspecified atom stereocenters. The molecule has 1 aromatic heterocycles. The molecule has 108 valence electrons. The lowest BCUT2D eigenvalue weighted by Crippen LogP contribution is -2.31. The van der Waals surface area contributed by atoms with Crippen LogP contribution in [0.25, 0.3) is 0 Å². The first kappa shape index (κ1) is 12.8. The van der Waals surface area contributed by atoms with Gasteiger partial charge in [-0.2, -0.15) is 0 Å². The first-order valence-electron chi connectivity index (χ1n) is 7.00. The lowest BCUT2D eigenvalue weighted by atomic mass is 9.95. The van der Waals surface area contributed by atoms with Gasteiger partial charge in [0.2, 0.25) is 0 Å². The van der Waals surface area contributed by atoms with E-state index in [-0.39, 0.29) is 11.9 Å². The van der Waals surface area contributed by atoms with E-state index in [0.29, 0.717) is 35.8 Å². The Balaban J connectivity index is 1.61. The molecular formula is C15H16N4OS. The minimum atomic E-state index is -0.0398. The Labute approximate surface area is 126 Å². The van der Waals surface area contributed by atoms with Crippen molar-refractivity contribution in [2.24, 2.45) is 11.7 Å². The molecule has 2 heterocycles. The third-order valence-corrected chi connectivity index (χ3v) is 5.28. The molecule has 0 saturated carbocycles. The highest BCUT2D eigenvalue weighted by Crippen LogP contribution is 2.48. The molecule has 1 saturated heterocycles. The van der Waals surface area contributed by atoms with E-state index in [0.717, 1.165) is 0 Å². The molecule has 1 fully saturated rings. The van der Waals surface area contributed by atoms with Crippen LogP contribution in [0.3, 0.4) is 0 Å². The number of nitrogen functional groups attached to an aromatic ring is 1. The van der Waals surface area contributed by atoms with Gasteiger partial charge >= 0.3 is 0 Å². The van der Waals surface area contributed by atoms with Crippen molar-refractivity contribution in [3.63, 3.8) is 0 Å². The second-order valence-corrected chi connectivity index (χ2v) is 6.60. The molecule has 1 aliphatic heterocycles. The van der Waals surface area contributed by atoms with Crippen LogP contribution in [0.15, 0.2) is 29.6 Å². The van der Waals surface area contributed by atoms with Gasteiger partial charge in [-0.15, -0.1) is 11.3 Å². The van der Waals surface area contributed by atoms with Crippen LogP contribution in [0, 0.1) is 5.92 Å². The smallest absolute Gasteiger partial charge is 0.273 e. The molecule has 1 aliphatic carbocycles. The van der Waals surface area contributed by atoms with E-state index in [9.17, 15) is 4.79 Å². The van der Waals surface area contributed by atoms with Gasteiger partial charge in [-0.25, -0.2) is 4.98 Å². The summed E-state index contributed by atoms with van der Waals surface area (Å²) in [5, 5.41) is 2.15. The van der Waals surface area contributed by atoms with Gasteiger partial charge < -0.3 is 16.4 Å². The van der Waals surface area contributed by atoms with E-state index in [2.05, 4.69) is 17.1 Å². The Kier molecular flexibility index (Phi) is 2.77. The molecule has 2 aliphatic rings. The fourth-order valence-electron chi connectivity index (χ4n) is 3.62. The van der Waals surface area contributed by atoms with Gasteiger partial charge in [-0.1, -0.05) is 24.3 Å². The number of aromatic nitrogens is 1. The highest BCUT2D eigenvalue weighted by molar-refractivity contribution is 7.13. The molecule has 6 heteroatoms. The van der Waals surface area contributed by atoms with Crippen LogP contribution < -0.4 is 11.5 Å². The Morgan fingerprint density at radius 1 is 1.29 bits per heavy atom. The van der Waals surface area contributed by atoms with Crippen molar-refractivity contribution >= 4 is 22.4 Å². The maximum atomic E-state index is 12.5. The summed E-state index contributed by atoms with van der Waals surface area (Å²) in [6.07, 6.45) is 0. The Hall–Kier alpha value is -1.92. The van der Waals surface area contributed by atoms with Crippen LogP contribution in [0.2, 0.25) is 0 Å². The van der Waals surface area contributed by atoms with Crippen molar-refractivity contribution in [1.29, 1.82) is 0 Å². The van der Waals surface area contributed by atoms with Crippen molar-refractivity contribution in [2.75, 3.05) is 18.8 Å². The van der Waals surface area contributed by atoms with E-state index >= 15 is 0 Å². The standard InChI is InChI=1S/C15H16N4OS/c16-13-9-4-2-1-3-8(9)10-5-19(6-11(10)13)14(20)12-7-21-15(17)18-12/h1-4,7,10-11,13H,5-6,16H2,(H2,17,18)/t10-,11-,13-/m0/s1. The van der Waals surface area contributed by atoms with Gasteiger partial charge in [0.05, 0.1) is 0 Å². The second-order valence-electron chi connectivity index (χ2n) is 5.71. The van der Waals surface area contributed by atoms with Crippen LogP contribution >= 0.6 is 11.3 Å². The quantitative estimate of drug-likeness (QED) is 0.837. The minimum Gasteiger partial charge on any atom is -0.375 e. The fraction of sp³-hybridized carbons (Fsp3) is 0.333. The summed E-state index contributed by atoms with van der Waals surface area (Å²) >= 11 is 1.30. The number of fused-ring (bicyclic) bond motifs is 3. The molecule has 1 amide bonds. The SMILES string of the molecule is Nc1nc(C(=O)N2C[C@@H]3[C@@H](N)c4ccccc4[C@@H]3C2)cs1. The molecule has 0 spiro atoms. The molecule has 0 bridgehead atoms. The van der Waals surface area contributed by atoms with Crippen molar-refractivity contribution in [3.05, 3.63) is 46.5 Å². The van der Waals surface area contributed by atoms with Crippen molar-refractivity contribution in [2.45, 2.75) is 12.0 Å². The molecule has 3 atom stereocenters. The molecule has 5 nitrogen and oxygen atoms in total. The maximum absolute atomic E-state index is 12.5. The molecule has 1 aromatic carbocycles. The highest BCUT2D eigenvalue weighted by atomic mass is 32.1. The lowest BCUT2D eigenvalue weighted by molar-refractivity contribution is 0.0778. The Bertz CT molecular complexity index is 713. The molecule has 2 aromatic rings. The fourth-order valence-corrected chi connectivity index (χ4v) is 4.16. The topological polar surface area (TPSA) is 85.2 Å². The number of nitrogens with two attached hydrogens (primary N) is 2. The van der Waals surface area contributed by atoms with Crippen molar-refractivity contribution in [1.82, 2.24) is 9.88 Å². The summed E-state index contributed by atoms with van der Waals surface area (Å²) in [5.74, 6) is 0.612. The van der Waals surface area contributed by atoms with Crippen LogP contribution in [-0.2, 0) is 0 Å². The van der Waals surface area contributed by atoms with Crippen LogP contribution in [-0.4, -0.2) is 28.9 Å². The number of amides is 1. The first-order chi connectivity index (χ1) is 10.1. The van der Waals surface area contributed by atoms with Crippen LogP contribution in [0.5, 0.6) is 0 Å². The number of likely N-dealkylation sites (tertiary alicyclic amines) is 1. The number of anilines is 1. The zero-order valence-electron chi connectivity index (χ0n) is 11.4. The van der Waals surface area contributed by atoms with E-state index in [1.807, 2.05) is 17.0 Å². The summed E-state index contributed by atoms with van der Waals surface area (Å²) in [6.45, 7) is 1.41. The third kappa shape index (κ3) is 1.86. The average Bonchev–Trinajstić information content (AvgIpc) is 3.16. The van der Waals surface area contributed by atoms with Crippen molar-refractivity contribution in [3.8, 4) is 0 Å². The molecule has 4 N–H and O–H groups in total. The number of hydrogen-bond donors (Lipinski definition) is 2. The molecule has 4 rings (SSSR count). The van der Waals surface area contributed by atoms with Crippen LogP contribution in [0.4, 0.5) is 5.13 Å². The minimum absolute atomic E-state index is 0.0181. The van der Waals surface area contributed by atoms with Gasteiger partial charge in [0, 0.05) is 36.3 Å². The number of hydrogen-bond acceptors (Lipinski definition) is 5. The number of benzene rings is 1. The molecule has 21 heavy (non-hydrogen) atoms. The van der Waals surface area contributed by atoms with Gasteiger partial charge in [0.1, 0.15) is 5.69 Å². The number of nitrogens with zero attached hydrogens (tertiary/aromatic N) is 2. The normalized spacial score (nSPS) is 26.7. The second kappa shape index (κ2) is 4.54. The van der Waals surface area contributed by atoms with Gasteiger partial charge in [-0.3, -0.25) is 4.79 Å². The maximum Gasteiger partial charge on any atom is 0.273 e. The largest absolute Gasteiger partial charge is 0.375 e. The predicted molar refractivity (Wildman–Crippen MR) is 82.0 cm³/mol. The monoisotopic (exact) mass is 300 g/mol. The summed E-state index contributed by atoms with van der Waals surface area (Å²) < 4.78 is 0. The van der Waals surface area contributed by atoms with E-state index < -0.39 is 0 Å². The summed E-state index contributed by atoms with van der Waals surface area (Å²) in [4.78, 5) is 18.4. The number of carbonyl (C=O) groups is 1. The van der Waals surface area contributed by atoms with E-state index in [1.54, 1.807) is 5.38 Å². The van der Waals surface area contributed by atoms with Gasteiger partial charge in [0.25, 0.3) is 5.91 Å². The average molecular weight is 300 g/mol. The summed E-state index contributed by atoms with van der Waals surface area (Å²) in [6, 6.07) is 8.32. The third-order valence-electron chi connectivity index (χ3n) is 4.61. The molecular weight excluding hydrogens is 284 g/mol. The van der Waals surface area contributed by atoms with Gasteiger partial charge in [-0.05, 0) is 11.1 Å². The Morgan fingerprint density at radius 3 is 2.76 bits per heavy atom. The zero-order valence-corrected chi connectivity index (χ0v) is 12.2. The first-order valence-corrected chi connectivity index (χ1v) is 7.88. The number of thiazole rings is 1. The summed E-state index contributed by atoms with van der Waals surface area (Å²) in [5.41, 5.74) is 14.9. The van der Waals surface area contributed by atoms with Crippen molar-refractivity contribution < 1.29 is 4.79 Å². The predicted octanol–water partition coefficient (Wildman–Crippen LogP) is 1.59.